The summed E-state index contributed by atoms with van der Waals surface area (Å²) in [6, 6.07) is 6.27. The molecule has 0 spiro atoms. The normalized spacial score (nSPS) is 19.6. The molecule has 2 N–H and O–H groups in total. The number of carbonyl (C=O) groups is 1. The lowest BCUT2D eigenvalue weighted by molar-refractivity contribution is -0.127. The maximum Gasteiger partial charge on any atom is 0.230 e. The molecule has 1 amide bonds. The number of aliphatic hydroxyl groups excluding tert-OH is 1. The van der Waals surface area contributed by atoms with Crippen molar-refractivity contribution in [2.75, 3.05) is 12.9 Å². The van der Waals surface area contributed by atoms with Gasteiger partial charge in [-0.2, -0.15) is 11.8 Å². The first-order chi connectivity index (χ1) is 10.5. The van der Waals surface area contributed by atoms with Gasteiger partial charge in [-0.25, -0.2) is 4.39 Å². The number of hydrogen-bond acceptors (Lipinski definition) is 3. The summed E-state index contributed by atoms with van der Waals surface area (Å²) in [5.41, 5.74) is 0.133. The Morgan fingerprint density at radius 2 is 2.14 bits per heavy atom. The number of halogens is 1. The highest BCUT2D eigenvalue weighted by Crippen LogP contribution is 2.41. The average Bonchev–Trinajstić information content (AvgIpc) is 2.99. The molecule has 0 saturated heterocycles. The van der Waals surface area contributed by atoms with Crippen LogP contribution >= 0.6 is 11.8 Å². The molecule has 22 heavy (non-hydrogen) atoms. The molecular weight excluding hydrogens is 301 g/mol. The smallest absolute Gasteiger partial charge is 0.230 e. The number of nitrogens with one attached hydrogen (secondary N) is 1. The van der Waals surface area contributed by atoms with E-state index in [2.05, 4.69) is 5.32 Å². The predicted octanol–water partition coefficient (Wildman–Crippen LogP) is 2.87. The van der Waals surface area contributed by atoms with Gasteiger partial charge < -0.3 is 10.4 Å². The van der Waals surface area contributed by atoms with Crippen LogP contribution in [0, 0.1) is 5.82 Å². The third-order valence-corrected chi connectivity index (χ3v) is 5.83. The van der Waals surface area contributed by atoms with Crippen LogP contribution in [0.25, 0.3) is 0 Å². The minimum atomic E-state index is -0.630. The first kappa shape index (κ1) is 17.3. The maximum atomic E-state index is 13.6. The molecule has 5 heteroatoms. The molecule has 1 fully saturated rings. The van der Waals surface area contributed by atoms with Crippen LogP contribution in [0.2, 0.25) is 0 Å². The summed E-state index contributed by atoms with van der Waals surface area (Å²) >= 11 is 1.53. The monoisotopic (exact) mass is 325 g/mol. The first-order valence-corrected chi connectivity index (χ1v) is 9.03. The van der Waals surface area contributed by atoms with E-state index in [4.69, 9.17) is 0 Å². The minimum Gasteiger partial charge on any atom is -0.395 e. The molecule has 0 radical (unpaired) electrons. The molecule has 0 aliphatic heterocycles. The van der Waals surface area contributed by atoms with Crippen LogP contribution in [0.5, 0.6) is 0 Å². The zero-order valence-corrected chi connectivity index (χ0v) is 14.0. The van der Waals surface area contributed by atoms with Crippen molar-refractivity contribution >= 4 is 17.7 Å². The molecule has 1 aromatic carbocycles. The Morgan fingerprint density at radius 1 is 1.45 bits per heavy atom. The van der Waals surface area contributed by atoms with Gasteiger partial charge >= 0.3 is 0 Å². The van der Waals surface area contributed by atoms with E-state index >= 15 is 0 Å². The van der Waals surface area contributed by atoms with E-state index in [0.29, 0.717) is 0 Å². The van der Waals surface area contributed by atoms with E-state index in [-0.39, 0.29) is 29.6 Å². The Hall–Kier alpha value is -1.07. The number of carbonyl (C=O) groups excluding carboxylic acids is 1. The zero-order valence-electron chi connectivity index (χ0n) is 13.1. The Bertz CT molecular complexity index is 513. The van der Waals surface area contributed by atoms with Gasteiger partial charge in [0.1, 0.15) is 5.82 Å². The summed E-state index contributed by atoms with van der Waals surface area (Å²) in [6.45, 7) is 1.93. The van der Waals surface area contributed by atoms with E-state index in [1.165, 1.54) is 23.9 Å². The molecule has 2 atom stereocenters. The van der Waals surface area contributed by atoms with Crippen molar-refractivity contribution in [3.05, 3.63) is 35.6 Å². The fourth-order valence-electron chi connectivity index (χ4n) is 3.29. The number of hydrogen-bond donors (Lipinski definition) is 2. The molecule has 1 aromatic rings. The highest BCUT2D eigenvalue weighted by molar-refractivity contribution is 7.99. The van der Waals surface area contributed by atoms with Crippen molar-refractivity contribution < 1.29 is 14.3 Å². The number of benzene rings is 1. The molecule has 0 bridgehead atoms. The highest BCUT2D eigenvalue weighted by atomic mass is 32.2. The topological polar surface area (TPSA) is 49.3 Å². The SMILES string of the molecule is CSC(CO)C(C)NC(=O)C1(c2cccc(F)c2)CCCC1. The molecule has 3 nitrogen and oxygen atoms in total. The summed E-state index contributed by atoms with van der Waals surface area (Å²) in [5.74, 6) is -0.349. The molecule has 2 unspecified atom stereocenters. The molecule has 2 rings (SSSR count). The Labute approximate surface area is 135 Å². The van der Waals surface area contributed by atoms with Crippen LogP contribution in [-0.2, 0) is 10.2 Å². The second-order valence-corrected chi connectivity index (χ2v) is 7.10. The van der Waals surface area contributed by atoms with Crippen LogP contribution < -0.4 is 5.32 Å². The van der Waals surface area contributed by atoms with Gasteiger partial charge in [0.2, 0.25) is 5.91 Å². The third kappa shape index (κ3) is 3.46. The summed E-state index contributed by atoms with van der Waals surface area (Å²) < 4.78 is 13.6. The molecule has 0 aromatic heterocycles. The molecule has 1 saturated carbocycles. The quantitative estimate of drug-likeness (QED) is 0.845. The number of thioether (sulfide) groups is 1. The molecular formula is C17H24FNO2S. The Morgan fingerprint density at radius 3 is 2.68 bits per heavy atom. The van der Waals surface area contributed by atoms with E-state index in [1.807, 2.05) is 19.2 Å². The van der Waals surface area contributed by atoms with Gasteiger partial charge in [0.25, 0.3) is 0 Å². The number of aliphatic hydroxyl groups is 1. The second-order valence-electron chi connectivity index (χ2n) is 6.02. The fourth-order valence-corrected chi connectivity index (χ4v) is 3.91. The molecule has 0 heterocycles. The first-order valence-electron chi connectivity index (χ1n) is 7.74. The van der Waals surface area contributed by atoms with Crippen molar-refractivity contribution in [3.8, 4) is 0 Å². The van der Waals surface area contributed by atoms with Crippen molar-refractivity contribution in [1.29, 1.82) is 0 Å². The standard InChI is InChI=1S/C17H24FNO2S/c1-12(15(11-20)22-2)19-16(21)17(8-3-4-9-17)13-6-5-7-14(18)10-13/h5-7,10,12,15,20H,3-4,8-9,11H2,1-2H3,(H,19,21). The summed E-state index contributed by atoms with van der Waals surface area (Å²) in [5, 5.41) is 12.4. The van der Waals surface area contributed by atoms with Gasteiger partial charge in [0.05, 0.1) is 12.0 Å². The molecule has 1 aliphatic rings. The van der Waals surface area contributed by atoms with E-state index in [9.17, 15) is 14.3 Å². The average molecular weight is 325 g/mol. The van der Waals surface area contributed by atoms with Crippen LogP contribution in [0.1, 0.15) is 38.2 Å². The lowest BCUT2D eigenvalue weighted by atomic mass is 9.77. The van der Waals surface area contributed by atoms with Crippen molar-refractivity contribution in [1.82, 2.24) is 5.32 Å². The van der Waals surface area contributed by atoms with E-state index < -0.39 is 5.41 Å². The Balaban J connectivity index is 2.22. The van der Waals surface area contributed by atoms with Crippen LogP contribution in [0.3, 0.4) is 0 Å². The largest absolute Gasteiger partial charge is 0.395 e. The van der Waals surface area contributed by atoms with Gasteiger partial charge in [-0.1, -0.05) is 25.0 Å². The van der Waals surface area contributed by atoms with Gasteiger partial charge in [0.15, 0.2) is 0 Å². The maximum absolute atomic E-state index is 13.6. The summed E-state index contributed by atoms with van der Waals surface area (Å²) in [7, 11) is 0. The number of rotatable bonds is 6. The summed E-state index contributed by atoms with van der Waals surface area (Å²) in [4.78, 5) is 12.9. The predicted molar refractivity (Wildman–Crippen MR) is 88.5 cm³/mol. The minimum absolute atomic E-state index is 0.0234. The lowest BCUT2D eigenvalue weighted by Gasteiger charge is -2.31. The van der Waals surface area contributed by atoms with Crippen molar-refractivity contribution in [2.24, 2.45) is 0 Å². The van der Waals surface area contributed by atoms with Crippen LogP contribution in [0.15, 0.2) is 24.3 Å². The van der Waals surface area contributed by atoms with Gasteiger partial charge in [-0.15, -0.1) is 0 Å². The lowest BCUT2D eigenvalue weighted by Crippen LogP contribution is -2.49. The van der Waals surface area contributed by atoms with E-state index in [0.717, 1.165) is 31.2 Å². The molecule has 1 aliphatic carbocycles. The fraction of sp³-hybridized carbons (Fsp3) is 0.588. The van der Waals surface area contributed by atoms with Gasteiger partial charge in [-0.3, -0.25) is 4.79 Å². The second kappa shape index (κ2) is 7.47. The van der Waals surface area contributed by atoms with E-state index in [1.54, 1.807) is 6.07 Å². The number of amides is 1. The van der Waals surface area contributed by atoms with Crippen molar-refractivity contribution in [3.63, 3.8) is 0 Å². The van der Waals surface area contributed by atoms with Gasteiger partial charge in [-0.05, 0) is 43.7 Å². The highest BCUT2D eigenvalue weighted by Gasteiger charge is 2.43. The summed E-state index contributed by atoms with van der Waals surface area (Å²) in [6.07, 6.45) is 5.37. The third-order valence-electron chi connectivity index (χ3n) is 4.67. The van der Waals surface area contributed by atoms with Gasteiger partial charge in [0, 0.05) is 11.3 Å². The van der Waals surface area contributed by atoms with Crippen LogP contribution in [0.4, 0.5) is 4.39 Å². The van der Waals surface area contributed by atoms with Crippen molar-refractivity contribution in [2.45, 2.75) is 49.3 Å². The van der Waals surface area contributed by atoms with Crippen LogP contribution in [-0.4, -0.2) is 35.2 Å². The Kier molecular flexibility index (Phi) is 5.87. The molecule has 122 valence electrons. The zero-order chi connectivity index (χ0) is 16.2.